The first kappa shape index (κ1) is 17.4. The maximum absolute atomic E-state index is 12.8. The Balaban J connectivity index is 1.53. The quantitative estimate of drug-likeness (QED) is 0.882. The zero-order valence-electron chi connectivity index (χ0n) is 15.2. The van der Waals surface area contributed by atoms with Crippen LogP contribution in [-0.4, -0.2) is 38.8 Å². The predicted molar refractivity (Wildman–Crippen MR) is 106 cm³/mol. The predicted octanol–water partition coefficient (Wildman–Crippen LogP) is 2.84. The minimum Gasteiger partial charge on any atom is -0.338 e. The molecule has 27 heavy (non-hydrogen) atoms. The van der Waals surface area contributed by atoms with Crippen molar-refractivity contribution in [1.82, 2.24) is 10.6 Å². The average Bonchev–Trinajstić information content (AvgIpc) is 3.25. The van der Waals surface area contributed by atoms with Crippen LogP contribution in [0.2, 0.25) is 0 Å². The number of rotatable bonds is 3. The lowest BCUT2D eigenvalue weighted by Crippen LogP contribution is -2.48. The minimum atomic E-state index is -0.0335. The molecule has 1 atom stereocenters. The molecule has 6 heteroatoms. The Morgan fingerprint density at radius 2 is 1.93 bits per heavy atom. The van der Waals surface area contributed by atoms with E-state index in [2.05, 4.69) is 21.6 Å². The second kappa shape index (κ2) is 7.68. The number of nitrogens with one attached hydrogen (secondary N) is 2. The van der Waals surface area contributed by atoms with Gasteiger partial charge in [-0.15, -0.1) is 0 Å². The Labute approximate surface area is 159 Å². The number of para-hydroxylation sites is 2. The highest BCUT2D eigenvalue weighted by Crippen LogP contribution is 2.37. The Bertz CT molecular complexity index is 852. The van der Waals surface area contributed by atoms with E-state index in [1.807, 2.05) is 53.4 Å². The molecule has 0 aliphatic carbocycles. The van der Waals surface area contributed by atoms with E-state index in [1.165, 1.54) is 0 Å². The molecule has 1 saturated heterocycles. The maximum atomic E-state index is 12.8. The highest BCUT2D eigenvalue weighted by Gasteiger charge is 2.27. The molecule has 2 amide bonds. The highest BCUT2D eigenvalue weighted by atomic mass is 16.2. The number of carbonyl (C=O) groups excluding carboxylic acids is 1. The van der Waals surface area contributed by atoms with Crippen molar-refractivity contribution in [2.45, 2.75) is 6.42 Å². The smallest absolute Gasteiger partial charge is 0.322 e. The fourth-order valence-corrected chi connectivity index (χ4v) is 3.77. The van der Waals surface area contributed by atoms with E-state index in [0.717, 1.165) is 36.6 Å². The third kappa shape index (κ3) is 3.60. The van der Waals surface area contributed by atoms with Crippen molar-refractivity contribution >= 4 is 23.1 Å². The molecular weight excluding hydrogens is 338 g/mol. The molecule has 2 aliphatic rings. The SMILES string of the molecule is N#Cc1ccc(N2CCN(C(=O)NCC3CCNC3)c3ccccc32)cc1. The summed E-state index contributed by atoms with van der Waals surface area (Å²) >= 11 is 0. The van der Waals surface area contributed by atoms with Gasteiger partial charge in [0.25, 0.3) is 0 Å². The second-order valence-electron chi connectivity index (χ2n) is 7.00. The summed E-state index contributed by atoms with van der Waals surface area (Å²) in [5.74, 6) is 0.518. The summed E-state index contributed by atoms with van der Waals surface area (Å²) in [5, 5.41) is 15.4. The van der Waals surface area contributed by atoms with E-state index < -0.39 is 0 Å². The number of nitrogens with zero attached hydrogens (tertiary/aromatic N) is 3. The minimum absolute atomic E-state index is 0.0335. The van der Waals surface area contributed by atoms with Crippen LogP contribution in [0.3, 0.4) is 0 Å². The van der Waals surface area contributed by atoms with Gasteiger partial charge in [0.05, 0.1) is 23.0 Å². The van der Waals surface area contributed by atoms with E-state index in [0.29, 0.717) is 31.1 Å². The number of urea groups is 1. The van der Waals surface area contributed by atoms with Gasteiger partial charge in [-0.2, -0.15) is 5.26 Å². The first-order valence-corrected chi connectivity index (χ1v) is 9.39. The standard InChI is InChI=1S/C21H23N5O/c22-13-16-5-7-18(8-6-16)25-11-12-26(20-4-2-1-3-19(20)25)21(27)24-15-17-9-10-23-14-17/h1-8,17,23H,9-12,14-15H2,(H,24,27). The normalized spacial score (nSPS) is 18.7. The van der Waals surface area contributed by atoms with Gasteiger partial charge in [0.1, 0.15) is 0 Å². The fraction of sp³-hybridized carbons (Fsp3) is 0.333. The molecule has 6 nitrogen and oxygen atoms in total. The average molecular weight is 361 g/mol. The highest BCUT2D eigenvalue weighted by molar-refractivity contribution is 5.97. The summed E-state index contributed by atoms with van der Waals surface area (Å²) in [6.45, 7) is 4.05. The number of nitriles is 1. The topological polar surface area (TPSA) is 71.4 Å². The van der Waals surface area contributed by atoms with Gasteiger partial charge in [0.15, 0.2) is 0 Å². The van der Waals surface area contributed by atoms with Gasteiger partial charge in [-0.25, -0.2) is 4.79 Å². The number of benzene rings is 2. The number of carbonyl (C=O) groups is 1. The molecule has 0 saturated carbocycles. The summed E-state index contributed by atoms with van der Waals surface area (Å²) in [4.78, 5) is 16.8. The fourth-order valence-electron chi connectivity index (χ4n) is 3.77. The van der Waals surface area contributed by atoms with Gasteiger partial charge in [-0.05, 0) is 61.8 Å². The lowest BCUT2D eigenvalue weighted by molar-refractivity contribution is 0.244. The molecular formula is C21H23N5O. The van der Waals surface area contributed by atoms with E-state index >= 15 is 0 Å². The molecule has 0 aromatic heterocycles. The summed E-state index contributed by atoms with van der Waals surface area (Å²) < 4.78 is 0. The molecule has 0 bridgehead atoms. The zero-order chi connectivity index (χ0) is 18.6. The van der Waals surface area contributed by atoms with Crippen LogP contribution in [0, 0.1) is 17.2 Å². The lowest BCUT2D eigenvalue weighted by atomic mass is 10.1. The molecule has 138 valence electrons. The van der Waals surface area contributed by atoms with Crippen molar-refractivity contribution in [3.8, 4) is 6.07 Å². The monoisotopic (exact) mass is 361 g/mol. The van der Waals surface area contributed by atoms with Crippen molar-refractivity contribution in [3.05, 3.63) is 54.1 Å². The lowest BCUT2D eigenvalue weighted by Gasteiger charge is -2.37. The van der Waals surface area contributed by atoms with Crippen molar-refractivity contribution in [2.24, 2.45) is 5.92 Å². The molecule has 2 heterocycles. The molecule has 2 N–H and O–H groups in total. The van der Waals surface area contributed by atoms with Crippen molar-refractivity contribution in [3.63, 3.8) is 0 Å². The molecule has 4 rings (SSSR count). The van der Waals surface area contributed by atoms with Crippen LogP contribution < -0.4 is 20.4 Å². The third-order valence-corrected chi connectivity index (χ3v) is 5.27. The maximum Gasteiger partial charge on any atom is 0.322 e. The van der Waals surface area contributed by atoms with Gasteiger partial charge in [-0.3, -0.25) is 4.90 Å². The van der Waals surface area contributed by atoms with Crippen LogP contribution in [0.4, 0.5) is 21.9 Å². The van der Waals surface area contributed by atoms with Crippen LogP contribution in [0.15, 0.2) is 48.5 Å². The molecule has 1 unspecified atom stereocenters. The van der Waals surface area contributed by atoms with E-state index in [1.54, 1.807) is 0 Å². The number of anilines is 3. The molecule has 2 aromatic rings. The van der Waals surface area contributed by atoms with Gasteiger partial charge < -0.3 is 15.5 Å². The van der Waals surface area contributed by atoms with Crippen molar-refractivity contribution in [2.75, 3.05) is 42.5 Å². The van der Waals surface area contributed by atoms with Crippen LogP contribution in [0.5, 0.6) is 0 Å². The molecule has 1 fully saturated rings. The Morgan fingerprint density at radius 1 is 1.15 bits per heavy atom. The summed E-state index contributed by atoms with van der Waals surface area (Å²) in [6, 6.07) is 17.7. The summed E-state index contributed by atoms with van der Waals surface area (Å²) in [6.07, 6.45) is 1.11. The number of hydrogen-bond acceptors (Lipinski definition) is 4. The van der Waals surface area contributed by atoms with Gasteiger partial charge in [0, 0.05) is 25.3 Å². The number of amides is 2. The van der Waals surface area contributed by atoms with Crippen LogP contribution in [0.25, 0.3) is 0 Å². The Kier molecular flexibility index (Phi) is 4.95. The first-order valence-electron chi connectivity index (χ1n) is 9.39. The molecule has 0 radical (unpaired) electrons. The molecule has 2 aromatic carbocycles. The van der Waals surface area contributed by atoms with Gasteiger partial charge in [-0.1, -0.05) is 12.1 Å². The van der Waals surface area contributed by atoms with E-state index in [9.17, 15) is 4.79 Å². The zero-order valence-corrected chi connectivity index (χ0v) is 15.2. The van der Waals surface area contributed by atoms with Crippen molar-refractivity contribution in [1.29, 1.82) is 5.26 Å². The molecule has 0 spiro atoms. The second-order valence-corrected chi connectivity index (χ2v) is 7.00. The van der Waals surface area contributed by atoms with E-state index in [4.69, 9.17) is 5.26 Å². The largest absolute Gasteiger partial charge is 0.338 e. The number of hydrogen-bond donors (Lipinski definition) is 2. The number of fused-ring (bicyclic) bond motifs is 1. The van der Waals surface area contributed by atoms with Crippen molar-refractivity contribution < 1.29 is 4.79 Å². The van der Waals surface area contributed by atoms with Crippen LogP contribution in [0.1, 0.15) is 12.0 Å². The summed E-state index contributed by atoms with van der Waals surface area (Å²) in [5.41, 5.74) is 3.59. The van der Waals surface area contributed by atoms with E-state index in [-0.39, 0.29) is 6.03 Å². The Morgan fingerprint density at radius 3 is 2.63 bits per heavy atom. The molecule has 2 aliphatic heterocycles. The van der Waals surface area contributed by atoms with Gasteiger partial charge >= 0.3 is 6.03 Å². The summed E-state index contributed by atoms with van der Waals surface area (Å²) in [7, 11) is 0. The Hall–Kier alpha value is -3.04. The van der Waals surface area contributed by atoms with Crippen LogP contribution in [-0.2, 0) is 0 Å². The first-order chi connectivity index (χ1) is 13.3. The third-order valence-electron chi connectivity index (χ3n) is 5.27. The van der Waals surface area contributed by atoms with Crippen LogP contribution >= 0.6 is 0 Å². The van der Waals surface area contributed by atoms with Gasteiger partial charge in [0.2, 0.25) is 0 Å².